The smallest absolute Gasteiger partial charge is 0.344 e. The highest BCUT2D eigenvalue weighted by Gasteiger charge is 2.12. The summed E-state index contributed by atoms with van der Waals surface area (Å²) >= 11 is 0. The lowest BCUT2D eigenvalue weighted by atomic mass is 10.3. The number of carboxylic acid groups (broad SMARTS) is 1. The van der Waals surface area contributed by atoms with Crippen LogP contribution in [-0.4, -0.2) is 22.2 Å². The molecule has 5 nitrogen and oxygen atoms in total. The van der Waals surface area contributed by atoms with Crippen LogP contribution in [-0.2, 0) is 4.79 Å². The first-order valence-corrected chi connectivity index (χ1v) is 5.83. The van der Waals surface area contributed by atoms with Crippen molar-refractivity contribution < 1.29 is 23.8 Å². The molecule has 0 aliphatic carbocycles. The van der Waals surface area contributed by atoms with Crippen molar-refractivity contribution in [1.29, 1.82) is 0 Å². The number of carboxylic acids is 1. The Morgan fingerprint density at radius 1 is 1.20 bits per heavy atom. The number of benzene rings is 1. The van der Waals surface area contributed by atoms with Crippen LogP contribution in [0.1, 0.15) is 6.92 Å². The Kier molecular flexibility index (Phi) is 4.14. The number of aliphatic carboxylic acids is 1. The first-order chi connectivity index (χ1) is 9.54. The summed E-state index contributed by atoms with van der Waals surface area (Å²) in [6.07, 6.45) is 0.127. The fourth-order valence-corrected chi connectivity index (χ4v) is 1.38. The molecule has 1 N–H and O–H groups in total. The number of carbonyl (C=O) groups is 1. The molecule has 1 heterocycles. The van der Waals surface area contributed by atoms with E-state index in [0.717, 1.165) is 6.20 Å². The van der Waals surface area contributed by atoms with Crippen LogP contribution in [0.4, 0.5) is 4.39 Å². The van der Waals surface area contributed by atoms with Gasteiger partial charge in [0.15, 0.2) is 6.10 Å². The van der Waals surface area contributed by atoms with Gasteiger partial charge in [-0.25, -0.2) is 14.2 Å². The van der Waals surface area contributed by atoms with Gasteiger partial charge in [-0.15, -0.1) is 0 Å². The summed E-state index contributed by atoms with van der Waals surface area (Å²) in [6.45, 7) is 1.44. The van der Waals surface area contributed by atoms with E-state index < -0.39 is 17.9 Å². The first kappa shape index (κ1) is 13.8. The second-order valence-electron chi connectivity index (χ2n) is 3.99. The molecule has 104 valence electrons. The number of ether oxygens (including phenoxy) is 2. The lowest BCUT2D eigenvalue weighted by Crippen LogP contribution is -2.22. The summed E-state index contributed by atoms with van der Waals surface area (Å²) in [6, 6.07) is 9.03. The number of aromatic nitrogens is 1. The van der Waals surface area contributed by atoms with Crippen molar-refractivity contribution >= 4 is 5.97 Å². The molecular weight excluding hydrogens is 265 g/mol. The maximum atomic E-state index is 12.7. The van der Waals surface area contributed by atoms with Crippen LogP contribution < -0.4 is 9.47 Å². The normalized spacial score (nSPS) is 11.7. The van der Waals surface area contributed by atoms with Crippen LogP contribution in [0.3, 0.4) is 0 Å². The Morgan fingerprint density at radius 2 is 1.85 bits per heavy atom. The molecule has 1 atom stereocenters. The van der Waals surface area contributed by atoms with E-state index in [1.807, 2.05) is 0 Å². The summed E-state index contributed by atoms with van der Waals surface area (Å²) in [5, 5.41) is 8.73. The van der Waals surface area contributed by atoms with E-state index in [1.54, 1.807) is 24.3 Å². The highest BCUT2D eigenvalue weighted by molar-refractivity contribution is 5.72. The molecule has 2 aromatic rings. The van der Waals surface area contributed by atoms with Crippen LogP contribution in [0.25, 0.3) is 0 Å². The van der Waals surface area contributed by atoms with E-state index in [4.69, 9.17) is 14.6 Å². The van der Waals surface area contributed by atoms with E-state index in [-0.39, 0.29) is 5.88 Å². The predicted molar refractivity (Wildman–Crippen MR) is 68.4 cm³/mol. The second kappa shape index (κ2) is 6.01. The van der Waals surface area contributed by atoms with Crippen molar-refractivity contribution in [2.75, 3.05) is 0 Å². The van der Waals surface area contributed by atoms with Gasteiger partial charge in [-0.1, -0.05) is 0 Å². The van der Waals surface area contributed by atoms with Crippen LogP contribution in [0.15, 0.2) is 42.6 Å². The zero-order valence-electron chi connectivity index (χ0n) is 10.6. The van der Waals surface area contributed by atoms with Crippen molar-refractivity contribution in [3.05, 3.63) is 48.4 Å². The molecule has 1 unspecified atom stereocenters. The molecular formula is C14H12FNO4. The van der Waals surface area contributed by atoms with Crippen LogP contribution in [0.2, 0.25) is 0 Å². The highest BCUT2D eigenvalue weighted by atomic mass is 19.1. The van der Waals surface area contributed by atoms with E-state index >= 15 is 0 Å². The maximum absolute atomic E-state index is 12.7. The highest BCUT2D eigenvalue weighted by Crippen LogP contribution is 2.23. The number of rotatable bonds is 5. The third kappa shape index (κ3) is 3.68. The summed E-state index contributed by atoms with van der Waals surface area (Å²) < 4.78 is 23.3. The molecule has 2 rings (SSSR count). The molecule has 6 heteroatoms. The van der Waals surface area contributed by atoms with Crippen molar-refractivity contribution in [2.24, 2.45) is 0 Å². The minimum absolute atomic E-state index is 0.263. The van der Waals surface area contributed by atoms with Crippen LogP contribution >= 0.6 is 0 Å². The summed E-state index contributed by atoms with van der Waals surface area (Å²) in [5.74, 6) is -0.317. The molecule has 0 fully saturated rings. The van der Waals surface area contributed by atoms with Gasteiger partial charge in [0.25, 0.3) is 0 Å². The number of halogens is 1. The molecule has 0 amide bonds. The topological polar surface area (TPSA) is 68.7 Å². The SMILES string of the molecule is CC(Oc1ccc(Oc2ccc(F)cn2)cc1)C(=O)O. The van der Waals surface area contributed by atoms with Gasteiger partial charge in [0.05, 0.1) is 6.20 Å². The van der Waals surface area contributed by atoms with Crippen LogP contribution in [0, 0.1) is 5.82 Å². The lowest BCUT2D eigenvalue weighted by molar-refractivity contribution is -0.144. The Balaban J connectivity index is 2.01. The van der Waals surface area contributed by atoms with Crippen LogP contribution in [0.5, 0.6) is 17.4 Å². The average molecular weight is 277 g/mol. The second-order valence-corrected chi connectivity index (χ2v) is 3.99. The largest absolute Gasteiger partial charge is 0.479 e. The number of hydrogen-bond donors (Lipinski definition) is 1. The first-order valence-electron chi connectivity index (χ1n) is 5.83. The maximum Gasteiger partial charge on any atom is 0.344 e. The van der Waals surface area contributed by atoms with E-state index in [9.17, 15) is 9.18 Å². The summed E-state index contributed by atoms with van der Waals surface area (Å²) in [5.41, 5.74) is 0. The van der Waals surface area contributed by atoms with E-state index in [2.05, 4.69) is 4.98 Å². The molecule has 20 heavy (non-hydrogen) atoms. The van der Waals surface area contributed by atoms with Gasteiger partial charge in [-0.3, -0.25) is 0 Å². The van der Waals surface area contributed by atoms with Crippen molar-refractivity contribution in [3.63, 3.8) is 0 Å². The van der Waals surface area contributed by atoms with E-state index in [1.165, 1.54) is 19.1 Å². The molecule has 1 aromatic heterocycles. The molecule has 0 aliphatic heterocycles. The van der Waals surface area contributed by atoms with Crippen molar-refractivity contribution in [1.82, 2.24) is 4.98 Å². The number of pyridine rings is 1. The summed E-state index contributed by atoms with van der Waals surface area (Å²) in [4.78, 5) is 14.4. The molecule has 1 aromatic carbocycles. The van der Waals surface area contributed by atoms with Gasteiger partial charge in [0.2, 0.25) is 5.88 Å². The third-order valence-electron chi connectivity index (χ3n) is 2.41. The summed E-state index contributed by atoms with van der Waals surface area (Å²) in [7, 11) is 0. The van der Waals surface area contributed by atoms with Gasteiger partial charge in [-0.2, -0.15) is 0 Å². The molecule has 0 spiro atoms. The zero-order valence-corrected chi connectivity index (χ0v) is 10.6. The molecule has 0 aliphatic rings. The predicted octanol–water partition coefficient (Wildman–Crippen LogP) is 2.86. The fraction of sp³-hybridized carbons (Fsp3) is 0.143. The minimum Gasteiger partial charge on any atom is -0.479 e. The van der Waals surface area contributed by atoms with Crippen molar-refractivity contribution in [2.45, 2.75) is 13.0 Å². The molecule has 0 saturated heterocycles. The fourth-order valence-electron chi connectivity index (χ4n) is 1.38. The lowest BCUT2D eigenvalue weighted by Gasteiger charge is -2.10. The van der Waals surface area contributed by atoms with Gasteiger partial charge in [0.1, 0.15) is 17.3 Å². The molecule has 0 bridgehead atoms. The number of nitrogens with zero attached hydrogens (tertiary/aromatic N) is 1. The Hall–Kier alpha value is -2.63. The monoisotopic (exact) mass is 277 g/mol. The third-order valence-corrected chi connectivity index (χ3v) is 2.41. The zero-order chi connectivity index (χ0) is 14.5. The van der Waals surface area contributed by atoms with Gasteiger partial charge in [-0.05, 0) is 37.3 Å². The average Bonchev–Trinajstić information content (AvgIpc) is 2.43. The molecule has 0 radical (unpaired) electrons. The van der Waals surface area contributed by atoms with E-state index in [0.29, 0.717) is 11.5 Å². The van der Waals surface area contributed by atoms with Gasteiger partial charge >= 0.3 is 5.97 Å². The van der Waals surface area contributed by atoms with Gasteiger partial charge in [0, 0.05) is 6.07 Å². The number of hydrogen-bond acceptors (Lipinski definition) is 4. The van der Waals surface area contributed by atoms with Crippen molar-refractivity contribution in [3.8, 4) is 17.4 Å². The minimum atomic E-state index is -1.04. The quantitative estimate of drug-likeness (QED) is 0.910. The Morgan fingerprint density at radius 3 is 2.40 bits per heavy atom. The standard InChI is InChI=1S/C14H12FNO4/c1-9(14(17)18)19-11-3-5-12(6-4-11)20-13-7-2-10(15)8-16-13/h2-9H,1H3,(H,17,18). The molecule has 0 saturated carbocycles. The Bertz CT molecular complexity index is 583. The van der Waals surface area contributed by atoms with Gasteiger partial charge < -0.3 is 14.6 Å². The Labute approximate surface area is 114 Å².